The Labute approximate surface area is 186 Å². The molecule has 3 unspecified atom stereocenters. The number of H-pyrrole nitrogens is 1. The minimum Gasteiger partial charge on any atom is -0.480 e. The lowest BCUT2D eigenvalue weighted by Gasteiger charge is -2.24. The number of rotatable bonds is 11. The smallest absolute Gasteiger partial charge is 0.326 e. The maximum Gasteiger partial charge on any atom is 0.326 e. The molecule has 0 aliphatic heterocycles. The number of aromatic amines is 1. The minimum absolute atomic E-state index is 0.0459. The number of nitrogens with one attached hydrogen (secondary N) is 4. The van der Waals surface area contributed by atoms with Crippen molar-refractivity contribution in [2.24, 2.45) is 11.7 Å². The van der Waals surface area contributed by atoms with Crippen LogP contribution in [0.2, 0.25) is 0 Å². The van der Waals surface area contributed by atoms with Crippen molar-refractivity contribution in [3.8, 4) is 0 Å². The van der Waals surface area contributed by atoms with Crippen molar-refractivity contribution >= 4 is 34.6 Å². The number of hydrogen-bond donors (Lipinski definition) is 6. The molecule has 1 heterocycles. The van der Waals surface area contributed by atoms with Gasteiger partial charge in [0.05, 0.1) is 6.54 Å². The van der Waals surface area contributed by atoms with Crippen molar-refractivity contribution in [2.75, 3.05) is 6.54 Å². The first-order valence-electron chi connectivity index (χ1n) is 10.5. The van der Waals surface area contributed by atoms with Gasteiger partial charge in [-0.3, -0.25) is 14.4 Å². The maximum absolute atomic E-state index is 13.0. The number of aromatic nitrogens is 1. The van der Waals surface area contributed by atoms with Crippen LogP contribution in [0.4, 0.5) is 0 Å². The molecule has 0 bridgehead atoms. The first-order chi connectivity index (χ1) is 15.1. The van der Waals surface area contributed by atoms with Crippen molar-refractivity contribution < 1.29 is 24.3 Å². The number of carboxylic acids is 1. The van der Waals surface area contributed by atoms with Gasteiger partial charge < -0.3 is 31.8 Å². The van der Waals surface area contributed by atoms with Crippen molar-refractivity contribution in [2.45, 2.75) is 51.7 Å². The Morgan fingerprint density at radius 2 is 1.66 bits per heavy atom. The van der Waals surface area contributed by atoms with Crippen molar-refractivity contribution in [3.05, 3.63) is 36.0 Å². The second kappa shape index (κ2) is 11.3. The first kappa shape index (κ1) is 24.9. The van der Waals surface area contributed by atoms with E-state index in [9.17, 15) is 24.3 Å². The molecule has 2 rings (SSSR count). The summed E-state index contributed by atoms with van der Waals surface area (Å²) in [6.07, 6.45) is 2.13. The molecular weight excluding hydrogens is 414 g/mol. The highest BCUT2D eigenvalue weighted by Crippen LogP contribution is 2.19. The van der Waals surface area contributed by atoms with Gasteiger partial charge in [-0.05, 0) is 30.9 Å². The molecule has 7 N–H and O–H groups in total. The Morgan fingerprint density at radius 1 is 1.00 bits per heavy atom. The summed E-state index contributed by atoms with van der Waals surface area (Å²) in [6, 6.07) is 4.46. The summed E-state index contributed by atoms with van der Waals surface area (Å²) in [5.74, 6) is -2.80. The molecule has 0 saturated carbocycles. The van der Waals surface area contributed by atoms with Gasteiger partial charge in [-0.1, -0.05) is 32.0 Å². The van der Waals surface area contributed by atoms with E-state index in [-0.39, 0.29) is 25.3 Å². The van der Waals surface area contributed by atoms with Crippen LogP contribution in [0, 0.1) is 5.92 Å². The zero-order valence-electron chi connectivity index (χ0n) is 18.5. The second-order valence-electron chi connectivity index (χ2n) is 8.15. The van der Waals surface area contributed by atoms with E-state index in [1.165, 1.54) is 6.92 Å². The quantitative estimate of drug-likeness (QED) is 0.290. The molecule has 0 spiro atoms. The summed E-state index contributed by atoms with van der Waals surface area (Å²) in [4.78, 5) is 51.9. The summed E-state index contributed by atoms with van der Waals surface area (Å²) in [5, 5.41) is 18.0. The van der Waals surface area contributed by atoms with Crippen LogP contribution >= 0.6 is 0 Å². The number of carbonyl (C=O) groups excluding carboxylic acids is 3. The predicted octanol–water partition coefficient (Wildman–Crippen LogP) is 0.274. The van der Waals surface area contributed by atoms with Crippen LogP contribution in [0.15, 0.2) is 30.5 Å². The summed E-state index contributed by atoms with van der Waals surface area (Å²) in [5.41, 5.74) is 6.93. The fourth-order valence-corrected chi connectivity index (χ4v) is 3.36. The molecule has 10 heteroatoms. The van der Waals surface area contributed by atoms with Gasteiger partial charge in [0.25, 0.3) is 0 Å². The average molecular weight is 446 g/mol. The summed E-state index contributed by atoms with van der Waals surface area (Å²) in [6.45, 7) is 4.92. The summed E-state index contributed by atoms with van der Waals surface area (Å²) >= 11 is 0. The lowest BCUT2D eigenvalue weighted by Crippen LogP contribution is -2.56. The van der Waals surface area contributed by atoms with Gasteiger partial charge in [-0.25, -0.2) is 4.79 Å². The van der Waals surface area contributed by atoms with Gasteiger partial charge in [0.15, 0.2) is 0 Å². The molecular formula is C22H31N5O5. The molecule has 0 radical (unpaired) electrons. The third-order valence-electron chi connectivity index (χ3n) is 5.01. The van der Waals surface area contributed by atoms with Gasteiger partial charge >= 0.3 is 5.97 Å². The van der Waals surface area contributed by atoms with Crippen LogP contribution in [-0.4, -0.2) is 58.5 Å². The lowest BCUT2D eigenvalue weighted by molar-refractivity contribution is -0.142. The molecule has 1 aromatic carbocycles. The van der Waals surface area contributed by atoms with E-state index in [4.69, 9.17) is 5.73 Å². The lowest BCUT2D eigenvalue weighted by atomic mass is 10.0. The number of amides is 3. The molecule has 0 saturated heterocycles. The number of carboxylic acid groups (broad SMARTS) is 1. The molecule has 0 aliphatic carbocycles. The molecule has 0 fully saturated rings. The van der Waals surface area contributed by atoms with E-state index in [0.29, 0.717) is 0 Å². The molecule has 174 valence electrons. The van der Waals surface area contributed by atoms with E-state index < -0.39 is 41.8 Å². The predicted molar refractivity (Wildman–Crippen MR) is 120 cm³/mol. The van der Waals surface area contributed by atoms with Gasteiger partial charge in [-0.2, -0.15) is 0 Å². The second-order valence-corrected chi connectivity index (χ2v) is 8.15. The van der Waals surface area contributed by atoms with Crippen LogP contribution in [-0.2, 0) is 25.6 Å². The van der Waals surface area contributed by atoms with Gasteiger partial charge in [0.1, 0.15) is 18.1 Å². The third kappa shape index (κ3) is 6.81. The van der Waals surface area contributed by atoms with Crippen LogP contribution in [0.1, 0.15) is 32.8 Å². The van der Waals surface area contributed by atoms with E-state index >= 15 is 0 Å². The van der Waals surface area contributed by atoms with Crippen molar-refractivity contribution in [1.29, 1.82) is 0 Å². The van der Waals surface area contributed by atoms with Gasteiger partial charge in [-0.15, -0.1) is 0 Å². The Balaban J connectivity index is 2.24. The van der Waals surface area contributed by atoms with Crippen LogP contribution in [0.3, 0.4) is 0 Å². The molecule has 2 aromatic rings. The van der Waals surface area contributed by atoms with E-state index in [1.807, 2.05) is 38.1 Å². The Kier molecular flexibility index (Phi) is 8.77. The van der Waals surface area contributed by atoms with E-state index in [2.05, 4.69) is 20.9 Å². The van der Waals surface area contributed by atoms with E-state index in [0.717, 1.165) is 16.5 Å². The molecule has 3 amide bonds. The number of benzene rings is 1. The zero-order valence-corrected chi connectivity index (χ0v) is 18.5. The molecule has 32 heavy (non-hydrogen) atoms. The third-order valence-corrected chi connectivity index (χ3v) is 5.01. The van der Waals surface area contributed by atoms with Crippen LogP contribution in [0.25, 0.3) is 10.9 Å². The maximum atomic E-state index is 13.0. The average Bonchev–Trinajstić information content (AvgIpc) is 3.14. The monoisotopic (exact) mass is 445 g/mol. The minimum atomic E-state index is -1.15. The molecule has 1 aromatic heterocycles. The number of carbonyl (C=O) groups is 4. The van der Waals surface area contributed by atoms with Crippen molar-refractivity contribution in [1.82, 2.24) is 20.9 Å². The van der Waals surface area contributed by atoms with Crippen LogP contribution in [0.5, 0.6) is 0 Å². The fourth-order valence-electron chi connectivity index (χ4n) is 3.36. The normalized spacial score (nSPS) is 13.9. The summed E-state index contributed by atoms with van der Waals surface area (Å²) in [7, 11) is 0. The highest BCUT2D eigenvalue weighted by Gasteiger charge is 2.29. The Bertz CT molecular complexity index is 971. The Hall–Kier alpha value is -3.40. The van der Waals surface area contributed by atoms with Gasteiger partial charge in [0, 0.05) is 23.5 Å². The molecule has 3 atom stereocenters. The number of hydrogen-bond acceptors (Lipinski definition) is 5. The zero-order chi connectivity index (χ0) is 23.8. The largest absolute Gasteiger partial charge is 0.480 e. The number of para-hydroxylation sites is 1. The van der Waals surface area contributed by atoms with Gasteiger partial charge in [0.2, 0.25) is 17.7 Å². The highest BCUT2D eigenvalue weighted by molar-refractivity contribution is 5.94. The first-order valence-corrected chi connectivity index (χ1v) is 10.5. The highest BCUT2D eigenvalue weighted by atomic mass is 16.4. The van der Waals surface area contributed by atoms with Crippen LogP contribution < -0.4 is 21.7 Å². The Morgan fingerprint density at radius 3 is 2.28 bits per heavy atom. The van der Waals surface area contributed by atoms with Crippen molar-refractivity contribution in [3.63, 3.8) is 0 Å². The standard InChI is InChI=1S/C22H31N5O5/c1-12(2)8-18(22(31)32)27-21(30)17(26-20(29)13(3)25-19(28)10-23)9-14-11-24-16-7-5-4-6-15(14)16/h4-7,11-13,17-18,24H,8-10,23H2,1-3H3,(H,25,28)(H,26,29)(H,27,30)(H,31,32). The SMILES string of the molecule is CC(C)CC(NC(=O)C(Cc1c[nH]c2ccccc12)NC(=O)C(C)NC(=O)CN)C(=O)O. The number of aliphatic carboxylic acids is 1. The summed E-state index contributed by atoms with van der Waals surface area (Å²) < 4.78 is 0. The topological polar surface area (TPSA) is 166 Å². The number of nitrogens with two attached hydrogens (primary N) is 1. The fraction of sp³-hybridized carbons (Fsp3) is 0.455. The molecule has 0 aliphatic rings. The molecule has 10 nitrogen and oxygen atoms in total. The number of fused-ring (bicyclic) bond motifs is 1. The van der Waals surface area contributed by atoms with E-state index in [1.54, 1.807) is 6.20 Å².